The van der Waals surface area contributed by atoms with E-state index in [1.807, 2.05) is 18.2 Å². The van der Waals surface area contributed by atoms with Crippen LogP contribution in [-0.4, -0.2) is 30.1 Å². The molecule has 1 amide bonds. The van der Waals surface area contributed by atoms with Crippen molar-refractivity contribution in [1.29, 1.82) is 0 Å². The zero-order chi connectivity index (χ0) is 14.1. The number of ether oxygens (including phenoxy) is 1. The molecule has 1 aromatic carbocycles. The number of benzene rings is 1. The Morgan fingerprint density at radius 2 is 2.30 bits per heavy atom. The van der Waals surface area contributed by atoms with Crippen LogP contribution < -0.4 is 15.5 Å². The molecule has 2 aliphatic heterocycles. The highest BCUT2D eigenvalue weighted by Crippen LogP contribution is 2.31. The minimum absolute atomic E-state index is 0.153. The van der Waals surface area contributed by atoms with Gasteiger partial charge in [-0.25, -0.2) is 0 Å². The highest BCUT2D eigenvalue weighted by Gasteiger charge is 2.24. The number of carbonyl (C=O) groups is 2. The molecule has 0 bridgehead atoms. The van der Waals surface area contributed by atoms with Crippen molar-refractivity contribution in [3.8, 4) is 5.75 Å². The second-order valence-corrected chi connectivity index (χ2v) is 4.93. The Morgan fingerprint density at radius 3 is 3.00 bits per heavy atom. The van der Waals surface area contributed by atoms with Crippen molar-refractivity contribution < 1.29 is 14.3 Å². The van der Waals surface area contributed by atoms with Gasteiger partial charge in [0.1, 0.15) is 12.0 Å². The van der Waals surface area contributed by atoms with Crippen LogP contribution in [-0.2, 0) is 9.59 Å². The van der Waals surface area contributed by atoms with Gasteiger partial charge in [0.05, 0.1) is 17.4 Å². The molecule has 6 heteroatoms. The van der Waals surface area contributed by atoms with Gasteiger partial charge in [0, 0.05) is 5.56 Å². The lowest BCUT2D eigenvalue weighted by Crippen LogP contribution is -2.35. The number of hydrazone groups is 1. The highest BCUT2D eigenvalue weighted by molar-refractivity contribution is 6.04. The van der Waals surface area contributed by atoms with E-state index in [1.54, 1.807) is 6.92 Å². The Kier molecular flexibility index (Phi) is 3.14. The summed E-state index contributed by atoms with van der Waals surface area (Å²) in [5.74, 6) is 0.510. The molecule has 1 aromatic rings. The van der Waals surface area contributed by atoms with E-state index in [9.17, 15) is 9.59 Å². The predicted octanol–water partition coefficient (Wildman–Crippen LogP) is 1.06. The van der Waals surface area contributed by atoms with Gasteiger partial charge in [-0.3, -0.25) is 10.2 Å². The maximum atomic E-state index is 11.6. The first-order chi connectivity index (χ1) is 9.67. The maximum Gasteiger partial charge on any atom is 0.265 e. The predicted molar refractivity (Wildman–Crippen MR) is 73.9 cm³/mol. The molecule has 2 unspecified atom stereocenters. The molecule has 2 heterocycles. The SMILES string of the molecule is CC1Oc2ccc(C3=NNC(C=O)CC3)cc2NC1=O. The van der Waals surface area contributed by atoms with E-state index >= 15 is 0 Å². The van der Waals surface area contributed by atoms with Crippen LogP contribution in [0.1, 0.15) is 25.3 Å². The number of nitrogens with zero attached hydrogens (tertiary/aromatic N) is 1. The van der Waals surface area contributed by atoms with Crippen molar-refractivity contribution >= 4 is 23.6 Å². The number of nitrogens with one attached hydrogen (secondary N) is 2. The topological polar surface area (TPSA) is 79.8 Å². The zero-order valence-electron chi connectivity index (χ0n) is 11.1. The van der Waals surface area contributed by atoms with Crippen LogP contribution in [0.5, 0.6) is 5.75 Å². The van der Waals surface area contributed by atoms with Gasteiger partial charge in [-0.2, -0.15) is 5.10 Å². The van der Waals surface area contributed by atoms with Crippen molar-refractivity contribution in [2.75, 3.05) is 5.32 Å². The van der Waals surface area contributed by atoms with Crippen molar-refractivity contribution in [2.45, 2.75) is 31.9 Å². The van der Waals surface area contributed by atoms with E-state index in [2.05, 4.69) is 15.8 Å². The summed E-state index contributed by atoms with van der Waals surface area (Å²) in [7, 11) is 0. The number of hydrogen-bond donors (Lipinski definition) is 2. The Balaban J connectivity index is 1.86. The number of fused-ring (bicyclic) bond motifs is 1. The van der Waals surface area contributed by atoms with Crippen molar-refractivity contribution in [2.24, 2.45) is 5.10 Å². The van der Waals surface area contributed by atoms with Crippen LogP contribution in [0.15, 0.2) is 23.3 Å². The van der Waals surface area contributed by atoms with Crippen LogP contribution in [0, 0.1) is 0 Å². The molecule has 3 rings (SSSR count). The summed E-state index contributed by atoms with van der Waals surface area (Å²) >= 11 is 0. The maximum absolute atomic E-state index is 11.6. The molecule has 2 atom stereocenters. The van der Waals surface area contributed by atoms with Crippen LogP contribution in [0.3, 0.4) is 0 Å². The number of hydrogen-bond acceptors (Lipinski definition) is 5. The molecule has 2 N–H and O–H groups in total. The standard InChI is InChI=1S/C14H15N3O3/c1-8-14(19)15-12-6-9(2-5-13(12)20-8)11-4-3-10(7-18)16-17-11/h2,5-8,10,16H,3-4H2,1H3,(H,15,19). The summed E-state index contributed by atoms with van der Waals surface area (Å²) in [6.45, 7) is 1.71. The fourth-order valence-electron chi connectivity index (χ4n) is 2.27. The minimum atomic E-state index is -0.476. The average molecular weight is 273 g/mol. The van der Waals surface area contributed by atoms with E-state index in [0.717, 1.165) is 30.4 Å². The molecule has 0 radical (unpaired) electrons. The van der Waals surface area contributed by atoms with Gasteiger partial charge in [0.15, 0.2) is 6.10 Å². The molecule has 0 fully saturated rings. The Labute approximate surface area is 116 Å². The molecule has 0 aliphatic carbocycles. The summed E-state index contributed by atoms with van der Waals surface area (Å²) in [6, 6.07) is 5.38. The van der Waals surface area contributed by atoms with Crippen LogP contribution in [0.2, 0.25) is 0 Å². The molecular weight excluding hydrogens is 258 g/mol. The molecule has 2 aliphatic rings. The molecule has 104 valence electrons. The van der Waals surface area contributed by atoms with E-state index < -0.39 is 6.10 Å². The summed E-state index contributed by atoms with van der Waals surface area (Å²) in [4.78, 5) is 22.3. The smallest absolute Gasteiger partial charge is 0.265 e. The summed E-state index contributed by atoms with van der Waals surface area (Å²) < 4.78 is 5.51. The van der Waals surface area contributed by atoms with Crippen LogP contribution in [0.4, 0.5) is 5.69 Å². The van der Waals surface area contributed by atoms with Gasteiger partial charge in [-0.15, -0.1) is 0 Å². The van der Waals surface area contributed by atoms with Gasteiger partial charge in [0.25, 0.3) is 5.91 Å². The fourth-order valence-corrected chi connectivity index (χ4v) is 2.27. The highest BCUT2D eigenvalue weighted by atomic mass is 16.5. The van der Waals surface area contributed by atoms with Gasteiger partial charge in [-0.05, 0) is 38.0 Å². The van der Waals surface area contributed by atoms with Crippen LogP contribution >= 0.6 is 0 Å². The van der Waals surface area contributed by atoms with Crippen molar-refractivity contribution in [3.63, 3.8) is 0 Å². The van der Waals surface area contributed by atoms with Gasteiger partial charge >= 0.3 is 0 Å². The Morgan fingerprint density at radius 1 is 1.45 bits per heavy atom. The Bertz CT molecular complexity index is 597. The molecule has 20 heavy (non-hydrogen) atoms. The second kappa shape index (κ2) is 4.96. The van der Waals surface area contributed by atoms with Gasteiger partial charge < -0.3 is 14.8 Å². The molecule has 0 saturated heterocycles. The summed E-state index contributed by atoms with van der Waals surface area (Å²) in [5, 5.41) is 7.03. The molecule has 6 nitrogen and oxygen atoms in total. The average Bonchev–Trinajstić information content (AvgIpc) is 2.48. The van der Waals surface area contributed by atoms with Crippen molar-refractivity contribution in [1.82, 2.24) is 5.43 Å². The van der Waals surface area contributed by atoms with Gasteiger partial charge in [0.2, 0.25) is 0 Å². The summed E-state index contributed by atoms with van der Waals surface area (Å²) in [6.07, 6.45) is 1.83. The molecule has 0 aromatic heterocycles. The monoisotopic (exact) mass is 273 g/mol. The zero-order valence-corrected chi connectivity index (χ0v) is 11.1. The normalized spacial score (nSPS) is 24.6. The quantitative estimate of drug-likeness (QED) is 0.790. The summed E-state index contributed by atoms with van der Waals surface area (Å²) in [5.41, 5.74) is 5.26. The number of carbonyl (C=O) groups excluding carboxylic acids is 2. The van der Waals surface area contributed by atoms with E-state index in [4.69, 9.17) is 4.74 Å². The lowest BCUT2D eigenvalue weighted by molar-refractivity contribution is -0.122. The number of rotatable bonds is 2. The van der Waals surface area contributed by atoms with E-state index in [-0.39, 0.29) is 11.9 Å². The van der Waals surface area contributed by atoms with E-state index in [0.29, 0.717) is 11.4 Å². The van der Waals surface area contributed by atoms with Crippen LogP contribution in [0.25, 0.3) is 0 Å². The third-order valence-corrected chi connectivity index (χ3v) is 3.47. The lowest BCUT2D eigenvalue weighted by atomic mass is 10.0. The third-order valence-electron chi connectivity index (χ3n) is 3.47. The number of aldehydes is 1. The largest absolute Gasteiger partial charge is 0.479 e. The molecule has 0 saturated carbocycles. The van der Waals surface area contributed by atoms with E-state index in [1.165, 1.54) is 0 Å². The number of amides is 1. The first kappa shape index (κ1) is 12.7. The molecule has 0 spiro atoms. The fraction of sp³-hybridized carbons (Fsp3) is 0.357. The third kappa shape index (κ3) is 2.24. The first-order valence-corrected chi connectivity index (χ1v) is 6.56. The molecular formula is C14H15N3O3. The Hall–Kier alpha value is -2.37. The number of anilines is 1. The second-order valence-electron chi connectivity index (χ2n) is 4.93. The first-order valence-electron chi connectivity index (χ1n) is 6.56. The van der Waals surface area contributed by atoms with Gasteiger partial charge in [-0.1, -0.05) is 0 Å². The lowest BCUT2D eigenvalue weighted by Gasteiger charge is -2.24. The van der Waals surface area contributed by atoms with Crippen molar-refractivity contribution in [3.05, 3.63) is 23.8 Å². The minimum Gasteiger partial charge on any atom is -0.479 e.